The van der Waals surface area contributed by atoms with E-state index >= 15 is 0 Å². The van der Waals surface area contributed by atoms with Gasteiger partial charge in [-0.15, -0.1) is 0 Å². The number of fused-ring (bicyclic) bond motifs is 1. The van der Waals surface area contributed by atoms with E-state index in [4.69, 9.17) is 22.3 Å². The summed E-state index contributed by atoms with van der Waals surface area (Å²) in [6.07, 6.45) is -0.116. The summed E-state index contributed by atoms with van der Waals surface area (Å²) in [6, 6.07) is 5.36. The fourth-order valence-corrected chi connectivity index (χ4v) is 4.39. The molecule has 1 unspecified atom stereocenters. The van der Waals surface area contributed by atoms with Crippen LogP contribution in [0, 0.1) is 0 Å². The van der Waals surface area contributed by atoms with Crippen LogP contribution >= 0.6 is 33.6 Å². The average Bonchev–Trinajstić information content (AvgIpc) is 2.92. The van der Waals surface area contributed by atoms with Gasteiger partial charge in [0.15, 0.2) is 5.13 Å². The lowest BCUT2D eigenvalue weighted by Crippen LogP contribution is -2.26. The van der Waals surface area contributed by atoms with Crippen molar-refractivity contribution < 1.29 is 13.2 Å². The van der Waals surface area contributed by atoms with Crippen molar-refractivity contribution in [1.82, 2.24) is 4.98 Å². The van der Waals surface area contributed by atoms with Gasteiger partial charge in [-0.1, -0.05) is 29.0 Å². The van der Waals surface area contributed by atoms with Crippen LogP contribution in [0.4, 0.5) is 5.13 Å². The van der Waals surface area contributed by atoms with Gasteiger partial charge in [0, 0.05) is 23.6 Å². The topological polar surface area (TPSA) is 67.3 Å². The van der Waals surface area contributed by atoms with Crippen LogP contribution in [0.25, 0.3) is 10.2 Å². The number of thiazole rings is 1. The van der Waals surface area contributed by atoms with Crippen LogP contribution in [-0.4, -0.2) is 31.1 Å². The minimum absolute atomic E-state index is 0.0299. The predicted molar refractivity (Wildman–Crippen MR) is 80.2 cm³/mol. The number of hydrogen-bond donors (Lipinski definition) is 0. The van der Waals surface area contributed by atoms with Gasteiger partial charge in [0.2, 0.25) is 15.0 Å². The Morgan fingerprint density at radius 1 is 1.40 bits per heavy atom. The molecule has 0 saturated carbocycles. The van der Waals surface area contributed by atoms with Crippen LogP contribution in [0.1, 0.15) is 6.42 Å². The van der Waals surface area contributed by atoms with Gasteiger partial charge in [0.25, 0.3) is 0 Å². The summed E-state index contributed by atoms with van der Waals surface area (Å²) in [5.41, 5.74) is 0.610. The molecule has 1 saturated heterocycles. The van der Waals surface area contributed by atoms with Crippen LogP contribution in [0.5, 0.6) is 0 Å². The lowest BCUT2D eigenvalue weighted by atomic mass is 10.3. The number of benzene rings is 1. The molecule has 0 spiro atoms. The molecule has 1 aromatic carbocycles. The van der Waals surface area contributed by atoms with E-state index in [2.05, 4.69) is 4.98 Å². The molecule has 20 heavy (non-hydrogen) atoms. The number of para-hydroxylation sites is 1. The van der Waals surface area contributed by atoms with E-state index in [1.165, 1.54) is 16.2 Å². The monoisotopic (exact) mass is 350 g/mol. The molecule has 1 aromatic heterocycles. The minimum Gasteiger partial charge on any atom is -0.287 e. The molecule has 1 atom stereocenters. The number of aromatic nitrogens is 1. The Morgan fingerprint density at radius 3 is 2.75 bits per heavy atom. The van der Waals surface area contributed by atoms with Crippen molar-refractivity contribution in [1.29, 1.82) is 0 Å². The van der Waals surface area contributed by atoms with Crippen molar-refractivity contribution in [3.8, 4) is 0 Å². The molecular formula is C11H8Cl2N2O3S2. The lowest BCUT2D eigenvalue weighted by Gasteiger charge is -2.11. The van der Waals surface area contributed by atoms with Crippen molar-refractivity contribution in [2.45, 2.75) is 11.7 Å². The average molecular weight is 351 g/mol. The number of nitrogens with zero attached hydrogens (tertiary/aromatic N) is 2. The number of amides is 1. The van der Waals surface area contributed by atoms with Gasteiger partial charge >= 0.3 is 0 Å². The maximum atomic E-state index is 11.9. The van der Waals surface area contributed by atoms with Gasteiger partial charge in [0.05, 0.1) is 9.72 Å². The normalized spacial score (nSPS) is 20.0. The van der Waals surface area contributed by atoms with Crippen LogP contribution in [0.2, 0.25) is 5.02 Å². The first-order valence-electron chi connectivity index (χ1n) is 5.65. The molecule has 1 aliphatic heterocycles. The zero-order valence-electron chi connectivity index (χ0n) is 9.92. The number of hydrogen-bond acceptors (Lipinski definition) is 5. The largest absolute Gasteiger partial charge is 0.287 e. The molecule has 0 aliphatic carbocycles. The first kappa shape index (κ1) is 14.1. The van der Waals surface area contributed by atoms with Crippen molar-refractivity contribution in [3.05, 3.63) is 23.2 Å². The molecule has 3 rings (SSSR count). The van der Waals surface area contributed by atoms with Gasteiger partial charge < -0.3 is 0 Å². The summed E-state index contributed by atoms with van der Waals surface area (Å²) in [4.78, 5) is 17.6. The molecule has 1 aliphatic rings. The Balaban J connectivity index is 2.00. The molecular weight excluding hydrogens is 343 g/mol. The second-order valence-electron chi connectivity index (χ2n) is 4.39. The molecule has 0 N–H and O–H groups in total. The van der Waals surface area contributed by atoms with E-state index in [-0.39, 0.29) is 18.9 Å². The van der Waals surface area contributed by atoms with Crippen LogP contribution in [0.15, 0.2) is 18.2 Å². The van der Waals surface area contributed by atoms with E-state index in [1.54, 1.807) is 12.1 Å². The fourth-order valence-electron chi connectivity index (χ4n) is 2.07. The molecule has 0 radical (unpaired) electrons. The van der Waals surface area contributed by atoms with Crippen molar-refractivity contribution in [2.75, 3.05) is 11.4 Å². The number of halogens is 2. The number of carbonyl (C=O) groups excluding carboxylic acids is 1. The van der Waals surface area contributed by atoms with Crippen molar-refractivity contribution >= 4 is 63.9 Å². The van der Waals surface area contributed by atoms with Gasteiger partial charge in [-0.25, -0.2) is 13.4 Å². The Kier molecular flexibility index (Phi) is 3.40. The third kappa shape index (κ3) is 2.39. The molecule has 106 valence electrons. The summed E-state index contributed by atoms with van der Waals surface area (Å²) in [7, 11) is 1.56. The number of carbonyl (C=O) groups is 1. The number of rotatable bonds is 2. The second-order valence-corrected chi connectivity index (χ2v) is 8.71. The SMILES string of the molecule is O=C1CC(S(=O)(=O)Cl)CN1c1nc2c(Cl)cccc2s1. The summed E-state index contributed by atoms with van der Waals surface area (Å²) >= 11 is 7.34. The first-order valence-corrected chi connectivity index (χ1v) is 9.22. The summed E-state index contributed by atoms with van der Waals surface area (Å²) in [5.74, 6) is -0.297. The third-order valence-corrected chi connectivity index (χ3v) is 6.29. The molecule has 2 heterocycles. The first-order chi connectivity index (χ1) is 9.36. The molecule has 2 aromatic rings. The molecule has 0 bridgehead atoms. The van der Waals surface area contributed by atoms with E-state index < -0.39 is 14.3 Å². The highest BCUT2D eigenvalue weighted by Gasteiger charge is 2.39. The quantitative estimate of drug-likeness (QED) is 0.780. The van der Waals surface area contributed by atoms with Gasteiger partial charge in [-0.2, -0.15) is 0 Å². The summed E-state index contributed by atoms with van der Waals surface area (Å²) < 4.78 is 23.5. The lowest BCUT2D eigenvalue weighted by molar-refractivity contribution is -0.117. The predicted octanol–water partition coefficient (Wildman–Crippen LogP) is 2.62. The Morgan fingerprint density at radius 2 is 2.15 bits per heavy atom. The maximum absolute atomic E-state index is 11.9. The fraction of sp³-hybridized carbons (Fsp3) is 0.273. The molecule has 1 fully saturated rings. The summed E-state index contributed by atoms with van der Waals surface area (Å²) in [5, 5.41) is 0.0539. The van der Waals surface area contributed by atoms with Gasteiger partial charge in [-0.05, 0) is 12.1 Å². The van der Waals surface area contributed by atoms with Crippen molar-refractivity contribution in [2.24, 2.45) is 0 Å². The Bertz CT molecular complexity index is 803. The molecule has 1 amide bonds. The zero-order chi connectivity index (χ0) is 14.5. The van der Waals surface area contributed by atoms with Gasteiger partial charge in [-0.3, -0.25) is 9.69 Å². The van der Waals surface area contributed by atoms with Crippen molar-refractivity contribution in [3.63, 3.8) is 0 Å². The van der Waals surface area contributed by atoms with E-state index in [0.29, 0.717) is 15.7 Å². The van der Waals surface area contributed by atoms with Gasteiger partial charge in [0.1, 0.15) is 10.8 Å². The van der Waals surface area contributed by atoms with Crippen LogP contribution in [0.3, 0.4) is 0 Å². The maximum Gasteiger partial charge on any atom is 0.237 e. The second kappa shape index (κ2) is 4.84. The minimum atomic E-state index is -3.75. The Labute approximate surface area is 128 Å². The zero-order valence-corrected chi connectivity index (χ0v) is 13.1. The standard InChI is InChI=1S/C11H8Cl2N2O3S2/c12-7-2-1-3-8-10(7)14-11(19-8)15-5-6(4-9(15)16)20(13,17)18/h1-3,6H,4-5H2. The highest BCUT2D eigenvalue weighted by atomic mass is 35.7. The van der Waals surface area contributed by atoms with E-state index in [9.17, 15) is 13.2 Å². The third-order valence-electron chi connectivity index (χ3n) is 3.08. The van der Waals surface area contributed by atoms with E-state index in [1.807, 2.05) is 6.07 Å². The van der Waals surface area contributed by atoms with Crippen LogP contribution < -0.4 is 4.90 Å². The highest BCUT2D eigenvalue weighted by molar-refractivity contribution is 8.14. The summed E-state index contributed by atoms with van der Waals surface area (Å²) in [6.45, 7) is 0.0299. The Hall–Kier alpha value is -0.890. The molecule has 5 nitrogen and oxygen atoms in total. The highest BCUT2D eigenvalue weighted by Crippen LogP contribution is 2.35. The number of anilines is 1. The van der Waals surface area contributed by atoms with Crippen LogP contribution in [-0.2, 0) is 13.8 Å². The molecule has 9 heteroatoms. The smallest absolute Gasteiger partial charge is 0.237 e. The van der Waals surface area contributed by atoms with E-state index in [0.717, 1.165) is 4.70 Å².